The van der Waals surface area contributed by atoms with Gasteiger partial charge in [-0.05, 0) is 41.9 Å². The number of nitrogens with zero attached hydrogens (tertiary/aromatic N) is 1. The van der Waals surface area contributed by atoms with Gasteiger partial charge in [-0.2, -0.15) is 11.3 Å². The van der Waals surface area contributed by atoms with Crippen molar-refractivity contribution in [3.63, 3.8) is 0 Å². The molecule has 0 aliphatic carbocycles. The number of ether oxygens (including phenoxy) is 1. The van der Waals surface area contributed by atoms with Crippen LogP contribution >= 0.6 is 11.3 Å². The van der Waals surface area contributed by atoms with Gasteiger partial charge in [0.15, 0.2) is 0 Å². The fraction of sp³-hybridized carbons (Fsp3) is 0.176. The van der Waals surface area contributed by atoms with Gasteiger partial charge in [0.1, 0.15) is 12.4 Å². The minimum atomic E-state index is -0.165. The lowest BCUT2D eigenvalue weighted by Gasteiger charge is -2.13. The molecule has 0 unspecified atom stereocenters. The third-order valence-electron chi connectivity index (χ3n) is 3.17. The molecule has 0 spiro atoms. The van der Waals surface area contributed by atoms with Gasteiger partial charge in [-0.1, -0.05) is 0 Å². The van der Waals surface area contributed by atoms with E-state index in [2.05, 4.69) is 10.3 Å². The summed E-state index contributed by atoms with van der Waals surface area (Å²) < 4.78 is 5.66. The number of thiophene rings is 1. The number of aliphatic imine (C=N–C) groups is 1. The highest BCUT2D eigenvalue weighted by atomic mass is 32.1. The maximum absolute atomic E-state index is 12.2. The summed E-state index contributed by atoms with van der Waals surface area (Å²) in [5.41, 5.74) is 13.6. The Balaban J connectivity index is 2.32. The van der Waals surface area contributed by atoms with Crippen molar-refractivity contribution >= 4 is 28.6 Å². The molecule has 0 aliphatic rings. The summed E-state index contributed by atoms with van der Waals surface area (Å²) in [7, 11) is 1.67. The van der Waals surface area contributed by atoms with Crippen molar-refractivity contribution in [1.82, 2.24) is 0 Å². The van der Waals surface area contributed by atoms with Crippen molar-refractivity contribution in [1.29, 1.82) is 0 Å². The zero-order valence-electron chi connectivity index (χ0n) is 13.4. The molecule has 0 fully saturated rings. The van der Waals surface area contributed by atoms with E-state index in [1.54, 1.807) is 42.8 Å². The zero-order chi connectivity index (χ0) is 17.4. The largest absolute Gasteiger partial charge is 0.492 e. The molecule has 0 aliphatic heterocycles. The lowest BCUT2D eigenvalue weighted by molar-refractivity contribution is 0.102. The van der Waals surface area contributed by atoms with Crippen LogP contribution in [0.15, 0.2) is 52.3 Å². The monoisotopic (exact) mass is 344 g/mol. The zero-order valence-corrected chi connectivity index (χ0v) is 14.2. The van der Waals surface area contributed by atoms with Crippen LogP contribution in [0.2, 0.25) is 0 Å². The molecule has 24 heavy (non-hydrogen) atoms. The Morgan fingerprint density at radius 1 is 1.42 bits per heavy atom. The highest BCUT2D eigenvalue weighted by Gasteiger charge is 2.12. The van der Waals surface area contributed by atoms with Crippen LogP contribution in [0.1, 0.15) is 15.9 Å². The van der Waals surface area contributed by atoms with Crippen molar-refractivity contribution in [2.45, 2.75) is 0 Å². The summed E-state index contributed by atoms with van der Waals surface area (Å²) in [6.07, 6.45) is 3.08. The minimum absolute atomic E-state index is 0.165. The highest BCUT2D eigenvalue weighted by Crippen LogP contribution is 2.25. The van der Waals surface area contributed by atoms with E-state index in [1.165, 1.54) is 17.5 Å². The lowest BCUT2D eigenvalue weighted by atomic mass is 10.1. The maximum atomic E-state index is 12.2. The van der Waals surface area contributed by atoms with Crippen LogP contribution in [-0.2, 0) is 0 Å². The second-order valence-corrected chi connectivity index (χ2v) is 5.56. The number of hydrogen-bond acceptors (Lipinski definition) is 6. The van der Waals surface area contributed by atoms with Gasteiger partial charge in [0.05, 0.1) is 11.3 Å². The van der Waals surface area contributed by atoms with Crippen molar-refractivity contribution < 1.29 is 9.53 Å². The average molecular weight is 344 g/mol. The SMILES string of the molecule is CN=C(C=CN)c1cc(NC(=O)c2ccsc2)ccc1OCCN. The Hall–Kier alpha value is -2.64. The van der Waals surface area contributed by atoms with Gasteiger partial charge < -0.3 is 21.5 Å². The third-order valence-corrected chi connectivity index (χ3v) is 3.85. The van der Waals surface area contributed by atoms with E-state index in [1.807, 2.05) is 5.38 Å². The number of amides is 1. The van der Waals surface area contributed by atoms with E-state index in [0.29, 0.717) is 35.9 Å². The molecule has 126 valence electrons. The van der Waals surface area contributed by atoms with Gasteiger partial charge in [0, 0.05) is 30.2 Å². The van der Waals surface area contributed by atoms with Gasteiger partial charge in [-0.15, -0.1) is 0 Å². The van der Waals surface area contributed by atoms with E-state index >= 15 is 0 Å². The Morgan fingerprint density at radius 2 is 2.25 bits per heavy atom. The number of carbonyl (C=O) groups excluding carboxylic acids is 1. The van der Waals surface area contributed by atoms with Crippen LogP contribution in [0.3, 0.4) is 0 Å². The van der Waals surface area contributed by atoms with E-state index in [9.17, 15) is 4.79 Å². The molecule has 1 heterocycles. The average Bonchev–Trinajstić information content (AvgIpc) is 3.13. The number of anilines is 1. The van der Waals surface area contributed by atoms with Gasteiger partial charge >= 0.3 is 0 Å². The van der Waals surface area contributed by atoms with Crippen LogP contribution in [-0.4, -0.2) is 31.8 Å². The van der Waals surface area contributed by atoms with Crippen molar-refractivity contribution in [2.24, 2.45) is 16.5 Å². The van der Waals surface area contributed by atoms with Gasteiger partial charge in [0.25, 0.3) is 5.91 Å². The van der Waals surface area contributed by atoms with Crippen LogP contribution in [0, 0.1) is 0 Å². The number of allylic oxidation sites excluding steroid dienone is 1. The van der Waals surface area contributed by atoms with Crippen LogP contribution in [0.5, 0.6) is 5.75 Å². The summed E-state index contributed by atoms with van der Waals surface area (Å²) in [6.45, 7) is 0.790. The number of nitrogens with two attached hydrogens (primary N) is 2. The van der Waals surface area contributed by atoms with E-state index < -0.39 is 0 Å². The molecule has 1 aromatic heterocycles. The molecule has 5 N–H and O–H groups in total. The number of hydrogen-bond donors (Lipinski definition) is 3. The number of rotatable bonds is 7. The Morgan fingerprint density at radius 3 is 2.88 bits per heavy atom. The van der Waals surface area contributed by atoms with Crippen LogP contribution in [0.4, 0.5) is 5.69 Å². The molecule has 0 bridgehead atoms. The first-order valence-electron chi connectivity index (χ1n) is 7.35. The molecule has 0 radical (unpaired) electrons. The molecule has 1 amide bonds. The van der Waals surface area contributed by atoms with Crippen molar-refractivity contribution in [3.8, 4) is 5.75 Å². The molecule has 0 atom stereocenters. The highest BCUT2D eigenvalue weighted by molar-refractivity contribution is 7.08. The second kappa shape index (κ2) is 8.85. The molecular formula is C17H20N4O2S. The first kappa shape index (κ1) is 17.7. The number of benzene rings is 1. The normalized spacial score (nSPS) is 11.7. The molecule has 2 aromatic rings. The number of carbonyl (C=O) groups is 1. The van der Waals surface area contributed by atoms with E-state index in [4.69, 9.17) is 16.2 Å². The molecule has 2 rings (SSSR count). The molecule has 0 saturated carbocycles. The topological polar surface area (TPSA) is 103 Å². The van der Waals surface area contributed by atoms with Gasteiger partial charge in [-0.25, -0.2) is 0 Å². The smallest absolute Gasteiger partial charge is 0.256 e. The number of nitrogens with one attached hydrogen (secondary N) is 1. The minimum Gasteiger partial charge on any atom is -0.492 e. The lowest BCUT2D eigenvalue weighted by Crippen LogP contribution is -2.14. The Kier molecular flexibility index (Phi) is 6.53. The second-order valence-electron chi connectivity index (χ2n) is 4.78. The summed E-state index contributed by atoms with van der Waals surface area (Å²) in [5, 5.41) is 6.52. The van der Waals surface area contributed by atoms with E-state index in [0.717, 1.165) is 5.56 Å². The molecule has 0 saturated heterocycles. The van der Waals surface area contributed by atoms with Gasteiger partial charge in [0.2, 0.25) is 0 Å². The first-order valence-corrected chi connectivity index (χ1v) is 8.29. The maximum Gasteiger partial charge on any atom is 0.256 e. The molecular weight excluding hydrogens is 324 g/mol. The predicted octanol–water partition coefficient (Wildman–Crippen LogP) is 2.23. The van der Waals surface area contributed by atoms with Crippen LogP contribution < -0.4 is 21.5 Å². The summed E-state index contributed by atoms with van der Waals surface area (Å²) in [4.78, 5) is 16.4. The molecule has 6 nitrogen and oxygen atoms in total. The predicted molar refractivity (Wildman–Crippen MR) is 99.1 cm³/mol. The molecule has 7 heteroatoms. The third kappa shape index (κ3) is 4.43. The summed E-state index contributed by atoms with van der Waals surface area (Å²) >= 11 is 1.47. The Labute approximate surface area is 144 Å². The van der Waals surface area contributed by atoms with Crippen molar-refractivity contribution in [3.05, 3.63) is 58.4 Å². The van der Waals surface area contributed by atoms with E-state index in [-0.39, 0.29) is 5.91 Å². The standard InChI is InChI=1S/C17H20N4O2S/c1-20-15(4-6-18)14-10-13(2-3-16(14)23-8-7-19)21-17(22)12-5-9-24-11-12/h2-6,9-11H,7-8,18-19H2,1H3,(H,21,22). The fourth-order valence-electron chi connectivity index (χ4n) is 2.08. The Bertz CT molecular complexity index is 739. The first-order chi connectivity index (χ1) is 11.7. The molecule has 1 aromatic carbocycles. The summed E-state index contributed by atoms with van der Waals surface area (Å²) in [6, 6.07) is 7.14. The van der Waals surface area contributed by atoms with Crippen molar-refractivity contribution in [2.75, 3.05) is 25.5 Å². The fourth-order valence-corrected chi connectivity index (χ4v) is 2.71. The summed E-state index contributed by atoms with van der Waals surface area (Å²) in [5.74, 6) is 0.467. The van der Waals surface area contributed by atoms with Gasteiger partial charge in [-0.3, -0.25) is 9.79 Å². The quantitative estimate of drug-likeness (QED) is 0.670. The van der Waals surface area contributed by atoms with Crippen LogP contribution in [0.25, 0.3) is 0 Å².